The number of nitrogens with one attached hydrogen (secondary N) is 2. The molecule has 0 aromatic heterocycles. The number of aliphatic hydroxyl groups is 1. The quantitative estimate of drug-likeness (QED) is 0.586. The molecule has 1 aromatic carbocycles. The highest BCUT2D eigenvalue weighted by molar-refractivity contribution is 6.00. The predicted molar refractivity (Wildman–Crippen MR) is 100 cm³/mol. The number of rotatable bonds is 4. The van der Waals surface area contributed by atoms with Crippen LogP contribution in [0.2, 0.25) is 0 Å². The van der Waals surface area contributed by atoms with Gasteiger partial charge in [-0.25, -0.2) is 9.59 Å². The van der Waals surface area contributed by atoms with Gasteiger partial charge in [-0.05, 0) is 37.5 Å². The van der Waals surface area contributed by atoms with E-state index in [0.717, 1.165) is 12.8 Å². The molecule has 28 heavy (non-hydrogen) atoms. The van der Waals surface area contributed by atoms with Gasteiger partial charge in [-0.15, -0.1) is 0 Å². The largest absolute Gasteiger partial charge is 0.477 e. The molecule has 8 nitrogen and oxygen atoms in total. The molecule has 0 spiro atoms. The Morgan fingerprint density at radius 3 is 2.57 bits per heavy atom. The van der Waals surface area contributed by atoms with E-state index < -0.39 is 30.1 Å². The Kier molecular flexibility index (Phi) is 4.58. The summed E-state index contributed by atoms with van der Waals surface area (Å²) in [6.45, 7) is 1.56. The minimum absolute atomic E-state index is 0.0263. The van der Waals surface area contributed by atoms with Crippen molar-refractivity contribution in [2.45, 2.75) is 44.4 Å². The number of hydrogen-bond acceptors (Lipinski definition) is 4. The Hall–Kier alpha value is -2.87. The number of fused-ring (bicyclic) bond motifs is 3. The minimum Gasteiger partial charge on any atom is -0.477 e. The average Bonchev–Trinajstić information content (AvgIpc) is 2.94. The van der Waals surface area contributed by atoms with Gasteiger partial charge >= 0.3 is 12.0 Å². The van der Waals surface area contributed by atoms with E-state index in [9.17, 15) is 24.6 Å². The zero-order valence-electron chi connectivity index (χ0n) is 15.5. The zero-order valence-corrected chi connectivity index (χ0v) is 15.5. The van der Waals surface area contributed by atoms with Crippen LogP contribution in [0.3, 0.4) is 0 Å². The van der Waals surface area contributed by atoms with Crippen LogP contribution in [0, 0.1) is 11.8 Å². The molecule has 2 heterocycles. The number of carboxylic acids is 1. The molecule has 1 aliphatic carbocycles. The van der Waals surface area contributed by atoms with Crippen LogP contribution in [0.5, 0.6) is 0 Å². The summed E-state index contributed by atoms with van der Waals surface area (Å²) in [7, 11) is 0. The number of anilines is 1. The number of carbonyl (C=O) groups is 3. The summed E-state index contributed by atoms with van der Waals surface area (Å²) in [5.41, 5.74) is 1.21. The number of aliphatic hydroxyl groups excluding tert-OH is 1. The molecule has 148 valence electrons. The fourth-order valence-electron chi connectivity index (χ4n) is 4.88. The molecular formula is C20H23N3O5. The summed E-state index contributed by atoms with van der Waals surface area (Å²) in [4.78, 5) is 38.2. The van der Waals surface area contributed by atoms with E-state index in [-0.39, 0.29) is 23.6 Å². The maximum absolute atomic E-state index is 12.5. The third kappa shape index (κ3) is 2.84. The van der Waals surface area contributed by atoms with Crippen LogP contribution < -0.4 is 10.6 Å². The van der Waals surface area contributed by atoms with Crippen LogP contribution in [-0.2, 0) is 9.59 Å². The summed E-state index contributed by atoms with van der Waals surface area (Å²) in [5.74, 6) is -2.27. The Morgan fingerprint density at radius 1 is 1.21 bits per heavy atom. The third-order valence-electron chi connectivity index (χ3n) is 5.96. The van der Waals surface area contributed by atoms with E-state index in [1.807, 2.05) is 6.07 Å². The van der Waals surface area contributed by atoms with Gasteiger partial charge in [0.25, 0.3) is 0 Å². The third-order valence-corrected chi connectivity index (χ3v) is 5.96. The lowest BCUT2D eigenvalue weighted by Crippen LogP contribution is -2.64. The monoisotopic (exact) mass is 385 g/mol. The van der Waals surface area contributed by atoms with Gasteiger partial charge < -0.3 is 25.7 Å². The standard InChI is InChI=1S/C20H23N3O5/c1-10(24)14-16-12-8-5-9-13(15(12)17(19(26)27)23(16)18(14)25)22-20(28)21-11-6-3-2-4-7-11/h2-4,6-7,10,12-14,16,24H,5,8-9H2,1H3,(H,26,27)(H2,21,22,28). The van der Waals surface area contributed by atoms with E-state index in [1.54, 1.807) is 31.2 Å². The number of para-hydroxylation sites is 1. The molecule has 5 atom stereocenters. The first kappa shape index (κ1) is 18.5. The first-order valence-electron chi connectivity index (χ1n) is 9.51. The average molecular weight is 385 g/mol. The SMILES string of the molecule is CC(O)C1C(=O)N2C(C(=O)O)=C3C(NC(=O)Nc4ccccc4)CCCC3C12. The van der Waals surface area contributed by atoms with Crippen LogP contribution in [-0.4, -0.2) is 51.2 Å². The summed E-state index contributed by atoms with van der Waals surface area (Å²) < 4.78 is 0. The number of β-lactam (4-membered cyclic amide) rings is 1. The van der Waals surface area contributed by atoms with E-state index >= 15 is 0 Å². The van der Waals surface area contributed by atoms with E-state index in [0.29, 0.717) is 17.7 Å². The predicted octanol–water partition coefficient (Wildman–Crippen LogP) is 1.54. The number of nitrogens with zero attached hydrogens (tertiary/aromatic N) is 1. The van der Waals surface area contributed by atoms with Gasteiger partial charge in [0.05, 0.1) is 24.1 Å². The van der Waals surface area contributed by atoms with Gasteiger partial charge in [0, 0.05) is 11.6 Å². The molecule has 4 rings (SSSR count). The van der Waals surface area contributed by atoms with Gasteiger partial charge in [-0.1, -0.05) is 24.6 Å². The highest BCUT2D eigenvalue weighted by atomic mass is 16.4. The molecule has 8 heteroatoms. The van der Waals surface area contributed by atoms with Gasteiger partial charge in [-0.2, -0.15) is 0 Å². The first-order chi connectivity index (χ1) is 13.4. The fraction of sp³-hybridized carbons (Fsp3) is 0.450. The van der Waals surface area contributed by atoms with Crippen molar-refractivity contribution >= 4 is 23.6 Å². The number of amides is 3. The van der Waals surface area contributed by atoms with Gasteiger partial charge in [0.2, 0.25) is 5.91 Å². The van der Waals surface area contributed by atoms with Crippen molar-refractivity contribution in [3.8, 4) is 0 Å². The van der Waals surface area contributed by atoms with E-state index in [4.69, 9.17) is 0 Å². The molecule has 3 amide bonds. The summed E-state index contributed by atoms with van der Waals surface area (Å²) in [6, 6.07) is 7.77. The molecule has 1 saturated carbocycles. The van der Waals surface area contributed by atoms with Crippen LogP contribution in [0.15, 0.2) is 41.6 Å². The molecule has 5 unspecified atom stereocenters. The lowest BCUT2D eigenvalue weighted by atomic mass is 9.71. The van der Waals surface area contributed by atoms with Crippen molar-refractivity contribution in [1.82, 2.24) is 10.2 Å². The Labute approximate surface area is 162 Å². The topological polar surface area (TPSA) is 119 Å². The second-order valence-electron chi connectivity index (χ2n) is 7.63. The van der Waals surface area contributed by atoms with E-state index in [1.165, 1.54) is 4.90 Å². The smallest absolute Gasteiger partial charge is 0.352 e. The highest BCUT2D eigenvalue weighted by Crippen LogP contribution is 2.52. The van der Waals surface area contributed by atoms with Crippen molar-refractivity contribution in [2.75, 3.05) is 5.32 Å². The van der Waals surface area contributed by atoms with Crippen LogP contribution in [0.1, 0.15) is 26.2 Å². The van der Waals surface area contributed by atoms with Crippen molar-refractivity contribution in [2.24, 2.45) is 11.8 Å². The number of carbonyl (C=O) groups excluding carboxylic acids is 2. The van der Waals surface area contributed by atoms with Crippen molar-refractivity contribution in [3.05, 3.63) is 41.6 Å². The summed E-state index contributed by atoms with van der Waals surface area (Å²) in [6.07, 6.45) is 1.32. The lowest BCUT2D eigenvalue weighted by molar-refractivity contribution is -0.163. The van der Waals surface area contributed by atoms with Gasteiger partial charge in [0.15, 0.2) is 0 Å². The maximum atomic E-state index is 12.5. The van der Waals surface area contributed by atoms with Crippen LogP contribution >= 0.6 is 0 Å². The van der Waals surface area contributed by atoms with E-state index in [2.05, 4.69) is 10.6 Å². The second-order valence-corrected chi connectivity index (χ2v) is 7.63. The molecule has 0 radical (unpaired) electrons. The molecular weight excluding hydrogens is 362 g/mol. The fourth-order valence-corrected chi connectivity index (χ4v) is 4.88. The summed E-state index contributed by atoms with van der Waals surface area (Å²) in [5, 5.41) is 25.4. The number of aliphatic carboxylic acids is 1. The highest BCUT2D eigenvalue weighted by Gasteiger charge is 2.62. The molecule has 2 fully saturated rings. The molecule has 4 N–H and O–H groups in total. The number of benzene rings is 1. The second kappa shape index (κ2) is 6.94. The van der Waals surface area contributed by atoms with Crippen LogP contribution in [0.4, 0.5) is 10.5 Å². The Morgan fingerprint density at radius 2 is 1.93 bits per heavy atom. The molecule has 3 aliphatic rings. The molecule has 0 bridgehead atoms. The van der Waals surface area contributed by atoms with Gasteiger partial charge in [-0.3, -0.25) is 4.79 Å². The normalized spacial score (nSPS) is 29.5. The van der Waals surface area contributed by atoms with Crippen molar-refractivity contribution in [3.63, 3.8) is 0 Å². The van der Waals surface area contributed by atoms with Crippen molar-refractivity contribution < 1.29 is 24.6 Å². The Bertz CT molecular complexity index is 851. The Balaban J connectivity index is 1.59. The number of urea groups is 1. The molecule has 1 aromatic rings. The first-order valence-corrected chi connectivity index (χ1v) is 9.51. The molecule has 2 aliphatic heterocycles. The molecule has 1 saturated heterocycles. The van der Waals surface area contributed by atoms with Crippen molar-refractivity contribution in [1.29, 1.82) is 0 Å². The summed E-state index contributed by atoms with van der Waals surface area (Å²) >= 11 is 0. The van der Waals surface area contributed by atoms with Gasteiger partial charge in [0.1, 0.15) is 5.70 Å². The minimum atomic E-state index is -1.17. The maximum Gasteiger partial charge on any atom is 0.352 e. The lowest BCUT2D eigenvalue weighted by Gasteiger charge is -2.47. The number of carboxylic acid groups (broad SMARTS) is 1. The zero-order chi connectivity index (χ0) is 20.0. The van der Waals surface area contributed by atoms with Crippen LogP contribution in [0.25, 0.3) is 0 Å². The number of hydrogen-bond donors (Lipinski definition) is 4.